The third kappa shape index (κ3) is 3.45. The fraction of sp³-hybridized carbons (Fsp3) is 0.0714. The van der Waals surface area contributed by atoms with E-state index < -0.39 is 39.1 Å². The topological polar surface area (TPSA) is 72.5 Å². The fourth-order valence-electron chi connectivity index (χ4n) is 1.70. The van der Waals surface area contributed by atoms with Gasteiger partial charge in [-0.05, 0) is 36.4 Å². The molecular weight excluding hydrogens is 335 g/mol. The van der Waals surface area contributed by atoms with E-state index in [2.05, 4.69) is 4.74 Å². The maximum atomic E-state index is 13.5. The van der Waals surface area contributed by atoms with E-state index >= 15 is 0 Å². The lowest BCUT2D eigenvalue weighted by molar-refractivity contribution is 0.0600. The zero-order valence-electron chi connectivity index (χ0n) is 11.6. The largest absolute Gasteiger partial charge is 0.465 e. The number of carbonyl (C=O) groups is 1. The van der Waals surface area contributed by atoms with Crippen LogP contribution in [0.2, 0.25) is 0 Å². The Balaban J connectivity index is 2.32. The van der Waals surface area contributed by atoms with Gasteiger partial charge in [-0.1, -0.05) is 0 Å². The van der Waals surface area contributed by atoms with E-state index in [-0.39, 0.29) is 10.5 Å². The van der Waals surface area contributed by atoms with Gasteiger partial charge in [-0.25, -0.2) is 26.4 Å². The van der Waals surface area contributed by atoms with Gasteiger partial charge < -0.3 is 4.74 Å². The maximum absolute atomic E-state index is 13.5. The molecule has 0 aliphatic rings. The van der Waals surface area contributed by atoms with Crippen molar-refractivity contribution >= 4 is 21.7 Å². The number of halogens is 3. The first kappa shape index (κ1) is 16.8. The van der Waals surface area contributed by atoms with Gasteiger partial charge in [0.2, 0.25) is 0 Å². The van der Waals surface area contributed by atoms with Gasteiger partial charge in [-0.3, -0.25) is 4.72 Å². The van der Waals surface area contributed by atoms with Crippen LogP contribution >= 0.6 is 0 Å². The highest BCUT2D eigenvalue weighted by molar-refractivity contribution is 7.92. The Morgan fingerprint density at radius 1 is 1.00 bits per heavy atom. The van der Waals surface area contributed by atoms with Crippen molar-refractivity contribution in [2.45, 2.75) is 4.90 Å². The van der Waals surface area contributed by atoms with Crippen molar-refractivity contribution in [1.29, 1.82) is 0 Å². The normalized spacial score (nSPS) is 11.1. The van der Waals surface area contributed by atoms with Crippen LogP contribution < -0.4 is 4.72 Å². The number of hydrogen-bond acceptors (Lipinski definition) is 4. The summed E-state index contributed by atoms with van der Waals surface area (Å²) in [5, 5.41) is 0. The summed E-state index contributed by atoms with van der Waals surface area (Å²) in [5.41, 5.74) is -0.619. The van der Waals surface area contributed by atoms with Gasteiger partial charge in [0.05, 0.1) is 23.3 Å². The number of sulfonamides is 1. The molecule has 23 heavy (non-hydrogen) atoms. The van der Waals surface area contributed by atoms with Crippen molar-refractivity contribution in [2.75, 3.05) is 11.8 Å². The molecule has 0 amide bonds. The molecule has 0 fully saturated rings. The van der Waals surface area contributed by atoms with Gasteiger partial charge in [0.15, 0.2) is 17.5 Å². The number of hydrogen-bond donors (Lipinski definition) is 1. The van der Waals surface area contributed by atoms with Crippen LogP contribution in [0, 0.1) is 17.5 Å². The number of anilines is 1. The molecule has 122 valence electrons. The molecule has 0 unspecified atom stereocenters. The number of rotatable bonds is 4. The quantitative estimate of drug-likeness (QED) is 0.683. The van der Waals surface area contributed by atoms with Crippen LogP contribution in [-0.2, 0) is 14.8 Å². The zero-order chi connectivity index (χ0) is 17.2. The summed E-state index contributed by atoms with van der Waals surface area (Å²) in [6.45, 7) is 0. The van der Waals surface area contributed by atoms with Crippen LogP contribution in [0.3, 0.4) is 0 Å². The van der Waals surface area contributed by atoms with Gasteiger partial charge >= 0.3 is 5.97 Å². The van der Waals surface area contributed by atoms with Crippen LogP contribution in [0.25, 0.3) is 0 Å². The summed E-state index contributed by atoms with van der Waals surface area (Å²) in [7, 11) is -3.08. The molecule has 2 rings (SSSR count). The van der Waals surface area contributed by atoms with Gasteiger partial charge in [0.25, 0.3) is 10.0 Å². The molecular formula is C14H10F3NO4S. The molecule has 0 aliphatic heterocycles. The monoisotopic (exact) mass is 345 g/mol. The number of benzene rings is 2. The molecule has 0 saturated carbocycles. The van der Waals surface area contributed by atoms with Crippen molar-refractivity contribution in [3.63, 3.8) is 0 Å². The van der Waals surface area contributed by atoms with Crippen LogP contribution in [-0.4, -0.2) is 21.5 Å². The Kier molecular flexibility index (Phi) is 4.60. The SMILES string of the molecule is COC(=O)c1ccc(S(=O)(=O)Nc2ccc(F)c(F)c2F)cc1. The molecule has 0 bridgehead atoms. The highest BCUT2D eigenvalue weighted by Crippen LogP contribution is 2.23. The molecule has 0 atom stereocenters. The fourth-order valence-corrected chi connectivity index (χ4v) is 2.76. The highest BCUT2D eigenvalue weighted by atomic mass is 32.2. The summed E-state index contributed by atoms with van der Waals surface area (Å²) >= 11 is 0. The van der Waals surface area contributed by atoms with Gasteiger partial charge in [-0.2, -0.15) is 0 Å². The smallest absolute Gasteiger partial charge is 0.337 e. The molecule has 0 saturated heterocycles. The van der Waals surface area contributed by atoms with Crippen molar-refractivity contribution in [2.24, 2.45) is 0 Å². The first-order chi connectivity index (χ1) is 10.8. The Morgan fingerprint density at radius 2 is 1.61 bits per heavy atom. The molecule has 0 heterocycles. The zero-order valence-corrected chi connectivity index (χ0v) is 12.5. The third-order valence-corrected chi connectivity index (χ3v) is 4.25. The summed E-state index contributed by atoms with van der Waals surface area (Å²) < 4.78 is 69.9. The minimum atomic E-state index is -4.25. The standard InChI is InChI=1S/C14H10F3NO4S/c1-22-14(19)8-2-4-9(5-3-8)23(20,21)18-11-7-6-10(15)12(16)13(11)17/h2-7,18H,1H3. The number of nitrogens with one attached hydrogen (secondary N) is 1. The van der Waals surface area contributed by atoms with Gasteiger partial charge in [0, 0.05) is 0 Å². The van der Waals surface area contributed by atoms with E-state index in [9.17, 15) is 26.4 Å². The highest BCUT2D eigenvalue weighted by Gasteiger charge is 2.20. The molecule has 9 heteroatoms. The second-order valence-corrected chi connectivity index (χ2v) is 6.03. The average Bonchev–Trinajstić information content (AvgIpc) is 2.54. The number of methoxy groups -OCH3 is 1. The maximum Gasteiger partial charge on any atom is 0.337 e. The van der Waals surface area contributed by atoms with Crippen LogP contribution in [0.15, 0.2) is 41.3 Å². The number of ether oxygens (including phenoxy) is 1. The van der Waals surface area contributed by atoms with Crippen molar-refractivity contribution in [1.82, 2.24) is 0 Å². The molecule has 1 N–H and O–H groups in total. The van der Waals surface area contributed by atoms with Crippen molar-refractivity contribution in [3.8, 4) is 0 Å². The summed E-state index contributed by atoms with van der Waals surface area (Å²) in [6, 6.07) is 5.92. The first-order valence-electron chi connectivity index (χ1n) is 6.11. The van der Waals surface area contributed by atoms with E-state index in [1.54, 1.807) is 0 Å². The lowest BCUT2D eigenvalue weighted by Gasteiger charge is -2.10. The first-order valence-corrected chi connectivity index (χ1v) is 7.59. The van der Waals surface area contributed by atoms with Crippen LogP contribution in [0.1, 0.15) is 10.4 Å². The average molecular weight is 345 g/mol. The minimum Gasteiger partial charge on any atom is -0.465 e. The summed E-state index contributed by atoms with van der Waals surface area (Å²) in [6.07, 6.45) is 0. The molecule has 2 aromatic rings. The van der Waals surface area contributed by atoms with Crippen LogP contribution in [0.5, 0.6) is 0 Å². The Hall–Kier alpha value is -2.55. The predicted octanol–water partition coefficient (Wildman–Crippen LogP) is 2.69. The Morgan fingerprint density at radius 3 is 2.17 bits per heavy atom. The van der Waals surface area contributed by atoms with E-state index in [1.807, 2.05) is 4.72 Å². The minimum absolute atomic E-state index is 0.116. The van der Waals surface area contributed by atoms with E-state index in [0.717, 1.165) is 18.2 Å². The summed E-state index contributed by atoms with van der Waals surface area (Å²) in [4.78, 5) is 11.0. The van der Waals surface area contributed by atoms with E-state index in [1.165, 1.54) is 19.2 Å². The van der Waals surface area contributed by atoms with Gasteiger partial charge in [0.1, 0.15) is 0 Å². The second kappa shape index (κ2) is 6.29. The number of carbonyl (C=O) groups excluding carboxylic acids is 1. The predicted molar refractivity (Wildman–Crippen MR) is 74.9 cm³/mol. The Labute approximate surface area is 129 Å². The Bertz CT molecular complexity index is 851. The lowest BCUT2D eigenvalue weighted by Crippen LogP contribution is -2.15. The second-order valence-electron chi connectivity index (χ2n) is 4.34. The van der Waals surface area contributed by atoms with Gasteiger partial charge in [-0.15, -0.1) is 0 Å². The van der Waals surface area contributed by atoms with E-state index in [4.69, 9.17) is 0 Å². The van der Waals surface area contributed by atoms with Crippen molar-refractivity contribution < 1.29 is 31.1 Å². The molecule has 0 spiro atoms. The molecule has 5 nitrogen and oxygen atoms in total. The lowest BCUT2D eigenvalue weighted by atomic mass is 10.2. The van der Waals surface area contributed by atoms with Crippen LogP contribution in [0.4, 0.5) is 18.9 Å². The van der Waals surface area contributed by atoms with E-state index in [0.29, 0.717) is 6.07 Å². The molecule has 2 aromatic carbocycles. The third-order valence-electron chi connectivity index (χ3n) is 2.87. The number of esters is 1. The molecule has 0 aromatic heterocycles. The molecule has 0 aliphatic carbocycles. The molecule has 0 radical (unpaired) electrons. The van der Waals surface area contributed by atoms with Crippen molar-refractivity contribution in [3.05, 3.63) is 59.4 Å². The summed E-state index contributed by atoms with van der Waals surface area (Å²) in [5.74, 6) is -5.53.